The predicted molar refractivity (Wildman–Crippen MR) is 107 cm³/mol. The third-order valence-electron chi connectivity index (χ3n) is 5.41. The zero-order valence-corrected chi connectivity index (χ0v) is 15.9. The van der Waals surface area contributed by atoms with Crippen LogP contribution in [0.4, 0.5) is 5.82 Å². The average molecular weight is 365 g/mol. The lowest BCUT2D eigenvalue weighted by Gasteiger charge is -2.35. The van der Waals surface area contributed by atoms with Crippen LogP contribution in [-0.2, 0) is 0 Å². The van der Waals surface area contributed by atoms with E-state index in [-0.39, 0.29) is 5.91 Å². The SMILES string of the molecule is CCN1CCN(c2nc(-c3ccccc3)ncc2C(=O)NCC2CC2)CC1. The van der Waals surface area contributed by atoms with Crippen molar-refractivity contribution in [2.45, 2.75) is 19.8 Å². The predicted octanol–water partition coefficient (Wildman–Crippen LogP) is 2.43. The second kappa shape index (κ2) is 8.05. The Labute approximate surface area is 160 Å². The van der Waals surface area contributed by atoms with Gasteiger partial charge in [-0.15, -0.1) is 0 Å². The van der Waals surface area contributed by atoms with Gasteiger partial charge < -0.3 is 15.1 Å². The number of likely N-dealkylation sites (N-methyl/N-ethyl adjacent to an activating group) is 1. The van der Waals surface area contributed by atoms with Crippen molar-refractivity contribution in [2.75, 3.05) is 44.2 Å². The number of aromatic nitrogens is 2. The van der Waals surface area contributed by atoms with Crippen molar-refractivity contribution >= 4 is 11.7 Å². The van der Waals surface area contributed by atoms with Crippen molar-refractivity contribution in [1.82, 2.24) is 20.2 Å². The minimum absolute atomic E-state index is 0.0607. The highest BCUT2D eigenvalue weighted by Gasteiger charge is 2.26. The van der Waals surface area contributed by atoms with Gasteiger partial charge in [0.05, 0.1) is 0 Å². The van der Waals surface area contributed by atoms with Crippen LogP contribution in [-0.4, -0.2) is 60.0 Å². The largest absolute Gasteiger partial charge is 0.353 e. The minimum atomic E-state index is -0.0607. The van der Waals surface area contributed by atoms with Crippen molar-refractivity contribution in [3.8, 4) is 11.4 Å². The molecule has 0 atom stereocenters. The van der Waals surface area contributed by atoms with Crippen LogP contribution in [0.3, 0.4) is 0 Å². The highest BCUT2D eigenvalue weighted by Crippen LogP contribution is 2.28. The first-order valence-electron chi connectivity index (χ1n) is 9.92. The molecule has 1 aliphatic carbocycles. The van der Waals surface area contributed by atoms with Crippen LogP contribution < -0.4 is 10.2 Å². The third-order valence-corrected chi connectivity index (χ3v) is 5.41. The fraction of sp³-hybridized carbons (Fsp3) is 0.476. The molecule has 1 amide bonds. The number of carbonyl (C=O) groups excluding carboxylic acids is 1. The lowest BCUT2D eigenvalue weighted by molar-refractivity contribution is 0.0951. The molecule has 27 heavy (non-hydrogen) atoms. The molecule has 0 radical (unpaired) electrons. The molecule has 1 N–H and O–H groups in total. The summed E-state index contributed by atoms with van der Waals surface area (Å²) in [6, 6.07) is 9.94. The van der Waals surface area contributed by atoms with Crippen molar-refractivity contribution in [3.05, 3.63) is 42.1 Å². The number of hydrogen-bond donors (Lipinski definition) is 1. The van der Waals surface area contributed by atoms with Crippen LogP contribution in [0, 0.1) is 5.92 Å². The number of carbonyl (C=O) groups is 1. The quantitative estimate of drug-likeness (QED) is 0.852. The van der Waals surface area contributed by atoms with E-state index in [1.807, 2.05) is 30.3 Å². The third kappa shape index (κ3) is 4.27. The molecular weight excluding hydrogens is 338 g/mol. The van der Waals surface area contributed by atoms with E-state index in [2.05, 4.69) is 27.0 Å². The summed E-state index contributed by atoms with van der Waals surface area (Å²) >= 11 is 0. The summed E-state index contributed by atoms with van der Waals surface area (Å²) in [6.07, 6.45) is 4.13. The Morgan fingerprint density at radius 3 is 2.56 bits per heavy atom. The monoisotopic (exact) mass is 365 g/mol. The summed E-state index contributed by atoms with van der Waals surface area (Å²) in [4.78, 5) is 26.7. The second-order valence-electron chi connectivity index (χ2n) is 7.37. The number of benzene rings is 1. The number of nitrogens with zero attached hydrogens (tertiary/aromatic N) is 4. The van der Waals surface area contributed by atoms with E-state index in [4.69, 9.17) is 4.98 Å². The van der Waals surface area contributed by atoms with Gasteiger partial charge >= 0.3 is 0 Å². The molecule has 2 aliphatic rings. The van der Waals surface area contributed by atoms with Crippen molar-refractivity contribution in [2.24, 2.45) is 5.92 Å². The molecule has 4 rings (SSSR count). The first-order valence-corrected chi connectivity index (χ1v) is 9.92. The van der Waals surface area contributed by atoms with Gasteiger partial charge in [-0.2, -0.15) is 0 Å². The molecule has 0 spiro atoms. The van der Waals surface area contributed by atoms with E-state index in [0.717, 1.165) is 50.6 Å². The average Bonchev–Trinajstić information content (AvgIpc) is 3.57. The molecule has 2 aromatic rings. The van der Waals surface area contributed by atoms with E-state index in [1.165, 1.54) is 12.8 Å². The van der Waals surface area contributed by atoms with E-state index in [9.17, 15) is 4.79 Å². The molecule has 1 saturated heterocycles. The Kier molecular flexibility index (Phi) is 5.34. The molecular formula is C21H27N5O. The number of anilines is 1. The molecule has 6 heteroatoms. The Balaban J connectivity index is 1.62. The van der Waals surface area contributed by atoms with Crippen molar-refractivity contribution in [1.29, 1.82) is 0 Å². The Bertz CT molecular complexity index is 782. The van der Waals surface area contributed by atoms with Crippen LogP contribution >= 0.6 is 0 Å². The second-order valence-corrected chi connectivity index (χ2v) is 7.37. The van der Waals surface area contributed by atoms with Gasteiger partial charge in [-0.3, -0.25) is 4.79 Å². The summed E-state index contributed by atoms with van der Waals surface area (Å²) in [5, 5.41) is 3.06. The summed E-state index contributed by atoms with van der Waals surface area (Å²) in [7, 11) is 0. The Morgan fingerprint density at radius 2 is 1.89 bits per heavy atom. The molecule has 1 aliphatic heterocycles. The molecule has 0 bridgehead atoms. The summed E-state index contributed by atoms with van der Waals surface area (Å²) in [6.45, 7) is 7.73. The van der Waals surface area contributed by atoms with Crippen LogP contribution in [0.1, 0.15) is 30.1 Å². The minimum Gasteiger partial charge on any atom is -0.353 e. The van der Waals surface area contributed by atoms with Gasteiger partial charge in [0.15, 0.2) is 5.82 Å². The van der Waals surface area contributed by atoms with Gasteiger partial charge in [0.25, 0.3) is 5.91 Å². The van der Waals surface area contributed by atoms with E-state index in [1.54, 1.807) is 6.20 Å². The smallest absolute Gasteiger partial charge is 0.256 e. The molecule has 6 nitrogen and oxygen atoms in total. The van der Waals surface area contributed by atoms with Crippen molar-refractivity contribution in [3.63, 3.8) is 0 Å². The number of rotatable bonds is 6. The van der Waals surface area contributed by atoms with Gasteiger partial charge in [0, 0.05) is 44.5 Å². The van der Waals surface area contributed by atoms with Crippen molar-refractivity contribution < 1.29 is 4.79 Å². The summed E-state index contributed by atoms with van der Waals surface area (Å²) in [5.41, 5.74) is 1.55. The van der Waals surface area contributed by atoms with E-state index >= 15 is 0 Å². The summed E-state index contributed by atoms with van der Waals surface area (Å²) < 4.78 is 0. The van der Waals surface area contributed by atoms with E-state index in [0.29, 0.717) is 17.3 Å². The van der Waals surface area contributed by atoms with Gasteiger partial charge in [0.2, 0.25) is 0 Å². The molecule has 142 valence electrons. The maximum Gasteiger partial charge on any atom is 0.256 e. The Hall–Kier alpha value is -2.47. The molecule has 1 aromatic heterocycles. The maximum absolute atomic E-state index is 12.8. The highest BCUT2D eigenvalue weighted by atomic mass is 16.1. The molecule has 1 saturated carbocycles. The molecule has 2 heterocycles. The fourth-order valence-corrected chi connectivity index (χ4v) is 3.43. The fourth-order valence-electron chi connectivity index (χ4n) is 3.43. The van der Waals surface area contributed by atoms with Gasteiger partial charge in [0.1, 0.15) is 11.4 Å². The number of nitrogens with one attached hydrogen (secondary N) is 1. The van der Waals surface area contributed by atoms with E-state index < -0.39 is 0 Å². The zero-order chi connectivity index (χ0) is 18.6. The first kappa shape index (κ1) is 17.9. The van der Waals surface area contributed by atoms with Gasteiger partial charge in [-0.1, -0.05) is 37.3 Å². The summed E-state index contributed by atoms with van der Waals surface area (Å²) in [5.74, 6) is 2.01. The number of piperazine rings is 1. The first-order chi connectivity index (χ1) is 13.2. The molecule has 2 fully saturated rings. The lowest BCUT2D eigenvalue weighted by atomic mass is 10.2. The number of amides is 1. The molecule has 0 unspecified atom stereocenters. The van der Waals surface area contributed by atoms with Crippen LogP contribution in [0.2, 0.25) is 0 Å². The number of hydrogen-bond acceptors (Lipinski definition) is 5. The van der Waals surface area contributed by atoms with Gasteiger partial charge in [-0.25, -0.2) is 9.97 Å². The molecule has 1 aromatic carbocycles. The zero-order valence-electron chi connectivity index (χ0n) is 15.9. The lowest BCUT2D eigenvalue weighted by Crippen LogP contribution is -2.47. The van der Waals surface area contributed by atoms with Crippen LogP contribution in [0.15, 0.2) is 36.5 Å². The highest BCUT2D eigenvalue weighted by molar-refractivity contribution is 5.99. The normalized spacial score (nSPS) is 17.7. The van der Waals surface area contributed by atoms with Crippen LogP contribution in [0.25, 0.3) is 11.4 Å². The van der Waals surface area contributed by atoms with Gasteiger partial charge in [-0.05, 0) is 25.3 Å². The maximum atomic E-state index is 12.8. The van der Waals surface area contributed by atoms with Crippen LogP contribution in [0.5, 0.6) is 0 Å². The Morgan fingerprint density at radius 1 is 1.15 bits per heavy atom. The standard InChI is InChI=1S/C21H27N5O/c1-2-25-10-12-26(13-11-25)20-18(21(27)23-14-16-8-9-16)15-22-19(24-20)17-6-4-3-5-7-17/h3-7,15-16H,2,8-14H2,1H3,(H,23,27). The topological polar surface area (TPSA) is 61.4 Å².